The second-order valence-corrected chi connectivity index (χ2v) is 7.59. The second-order valence-electron chi connectivity index (χ2n) is 7.59. The third-order valence-electron chi connectivity index (χ3n) is 5.44. The topological polar surface area (TPSA) is 52.4 Å². The van der Waals surface area contributed by atoms with Crippen LogP contribution in [0, 0.1) is 12.8 Å². The molecule has 0 aromatic carbocycles. The first kappa shape index (κ1) is 17.6. The van der Waals surface area contributed by atoms with E-state index in [9.17, 15) is 0 Å². The maximum atomic E-state index is 6.06. The van der Waals surface area contributed by atoms with Crippen LogP contribution in [-0.4, -0.2) is 51.6 Å². The van der Waals surface area contributed by atoms with Gasteiger partial charge < -0.3 is 9.47 Å². The third-order valence-corrected chi connectivity index (χ3v) is 5.44. The summed E-state index contributed by atoms with van der Waals surface area (Å²) in [5.41, 5.74) is 3.32. The number of rotatable bonds is 6. The van der Waals surface area contributed by atoms with Crippen molar-refractivity contribution >= 4 is 0 Å². The Bertz CT molecular complexity index is 732. The Morgan fingerprint density at radius 2 is 2.23 bits per heavy atom. The molecule has 6 heteroatoms. The lowest BCUT2D eigenvalue weighted by molar-refractivity contribution is -0.0591. The van der Waals surface area contributed by atoms with Gasteiger partial charge in [-0.3, -0.25) is 14.6 Å². The van der Waals surface area contributed by atoms with E-state index in [1.54, 1.807) is 0 Å². The fourth-order valence-corrected chi connectivity index (χ4v) is 4.26. The molecule has 26 heavy (non-hydrogen) atoms. The first-order valence-corrected chi connectivity index (χ1v) is 9.51. The molecule has 1 aliphatic carbocycles. The summed E-state index contributed by atoms with van der Waals surface area (Å²) in [6, 6.07) is 6.57. The Kier molecular flexibility index (Phi) is 5.33. The zero-order valence-corrected chi connectivity index (χ0v) is 15.7. The highest BCUT2D eigenvalue weighted by Gasteiger charge is 2.41. The summed E-state index contributed by atoms with van der Waals surface area (Å²) in [6.07, 6.45) is 6.65. The van der Waals surface area contributed by atoms with Gasteiger partial charge in [-0.25, -0.2) is 0 Å². The number of hydrogen-bond acceptors (Lipinski definition) is 5. The summed E-state index contributed by atoms with van der Waals surface area (Å²) in [4.78, 5) is 7.07. The molecule has 1 saturated heterocycles. The quantitative estimate of drug-likeness (QED) is 0.795. The minimum Gasteiger partial charge on any atom is -0.375 e. The van der Waals surface area contributed by atoms with Gasteiger partial charge in [0.15, 0.2) is 0 Å². The summed E-state index contributed by atoms with van der Waals surface area (Å²) >= 11 is 0. The van der Waals surface area contributed by atoms with Crippen molar-refractivity contribution in [2.45, 2.75) is 45.1 Å². The van der Waals surface area contributed by atoms with Gasteiger partial charge in [-0.15, -0.1) is 0 Å². The van der Waals surface area contributed by atoms with Gasteiger partial charge >= 0.3 is 0 Å². The highest BCUT2D eigenvalue weighted by molar-refractivity contribution is 5.09. The first-order valence-electron chi connectivity index (χ1n) is 9.51. The number of pyridine rings is 1. The minimum atomic E-state index is 0.339. The van der Waals surface area contributed by atoms with E-state index in [2.05, 4.69) is 21.2 Å². The molecule has 0 amide bonds. The van der Waals surface area contributed by atoms with Gasteiger partial charge in [-0.2, -0.15) is 5.10 Å². The predicted molar refractivity (Wildman–Crippen MR) is 98.5 cm³/mol. The van der Waals surface area contributed by atoms with Crippen molar-refractivity contribution in [1.29, 1.82) is 0 Å². The predicted octanol–water partition coefficient (Wildman–Crippen LogP) is 2.32. The summed E-state index contributed by atoms with van der Waals surface area (Å²) in [6.45, 7) is 6.16. The molecule has 1 aliphatic heterocycles. The number of hydrogen-bond donors (Lipinski definition) is 0. The van der Waals surface area contributed by atoms with Gasteiger partial charge in [0, 0.05) is 43.6 Å². The van der Waals surface area contributed by atoms with Gasteiger partial charge in [0.25, 0.3) is 0 Å². The highest BCUT2D eigenvalue weighted by Crippen LogP contribution is 2.35. The van der Waals surface area contributed by atoms with Crippen molar-refractivity contribution in [2.75, 3.05) is 19.8 Å². The molecule has 2 fully saturated rings. The molecule has 1 saturated carbocycles. The van der Waals surface area contributed by atoms with E-state index in [-0.39, 0.29) is 0 Å². The van der Waals surface area contributed by atoms with E-state index in [4.69, 9.17) is 9.47 Å². The Labute approximate surface area is 155 Å². The van der Waals surface area contributed by atoms with E-state index in [1.807, 2.05) is 43.0 Å². The maximum absolute atomic E-state index is 6.06. The molecule has 0 spiro atoms. The molecule has 0 radical (unpaired) electrons. The molecule has 3 heterocycles. The molecule has 0 N–H and O–H groups in total. The standard InChI is InChI=1S/C20H28N4O2/c1-15-4-3-5-18(22-15)14-25-13-16-8-19-20(9-16)26-7-6-24(19)12-17-10-21-23(2)11-17/h3-5,10-11,16,19-20H,6-9,12-14H2,1-2H3/t16-,19-,20+/m0/s1. The van der Waals surface area contributed by atoms with Crippen LogP contribution < -0.4 is 0 Å². The van der Waals surface area contributed by atoms with Crippen molar-refractivity contribution in [3.63, 3.8) is 0 Å². The average molecular weight is 356 g/mol. The van der Waals surface area contributed by atoms with Gasteiger partial charge in [0.05, 0.1) is 37.8 Å². The number of aryl methyl sites for hydroxylation is 2. The van der Waals surface area contributed by atoms with E-state index in [1.165, 1.54) is 5.56 Å². The second kappa shape index (κ2) is 7.86. The number of fused-ring (bicyclic) bond motifs is 1. The fourth-order valence-electron chi connectivity index (χ4n) is 4.26. The lowest BCUT2D eigenvalue weighted by Crippen LogP contribution is -2.47. The molecular formula is C20H28N4O2. The lowest BCUT2D eigenvalue weighted by Gasteiger charge is -2.37. The zero-order chi connectivity index (χ0) is 17.9. The summed E-state index contributed by atoms with van der Waals surface area (Å²) in [5, 5.41) is 4.29. The van der Waals surface area contributed by atoms with Crippen LogP contribution in [0.15, 0.2) is 30.6 Å². The van der Waals surface area contributed by atoms with Gasteiger partial charge in [0.2, 0.25) is 0 Å². The molecule has 4 rings (SSSR count). The number of morpholine rings is 1. The molecule has 2 aliphatic rings. The Morgan fingerprint density at radius 3 is 3.04 bits per heavy atom. The third kappa shape index (κ3) is 4.14. The van der Waals surface area contributed by atoms with Crippen LogP contribution in [0.2, 0.25) is 0 Å². The van der Waals surface area contributed by atoms with Crippen molar-refractivity contribution in [3.05, 3.63) is 47.5 Å². The monoisotopic (exact) mass is 356 g/mol. The SMILES string of the molecule is Cc1cccc(COC[C@@H]2C[C@H]3OCCN(Cc4cnn(C)c4)[C@H]3C2)n1. The Hall–Kier alpha value is -1.76. The molecule has 140 valence electrons. The fraction of sp³-hybridized carbons (Fsp3) is 0.600. The average Bonchev–Trinajstić information content (AvgIpc) is 3.21. The van der Waals surface area contributed by atoms with Crippen LogP contribution in [0.25, 0.3) is 0 Å². The summed E-state index contributed by atoms with van der Waals surface area (Å²) in [7, 11) is 1.97. The van der Waals surface area contributed by atoms with E-state index in [0.717, 1.165) is 50.5 Å². The molecule has 2 aromatic heterocycles. The van der Waals surface area contributed by atoms with Crippen molar-refractivity contribution < 1.29 is 9.47 Å². The summed E-state index contributed by atoms with van der Waals surface area (Å²) in [5.74, 6) is 0.560. The first-order chi connectivity index (χ1) is 12.7. The van der Waals surface area contributed by atoms with Gasteiger partial charge in [-0.05, 0) is 37.8 Å². The number of aromatic nitrogens is 3. The van der Waals surface area contributed by atoms with Crippen molar-refractivity contribution in [3.8, 4) is 0 Å². The maximum Gasteiger partial charge on any atom is 0.0888 e. The van der Waals surface area contributed by atoms with Crippen LogP contribution in [0.3, 0.4) is 0 Å². The van der Waals surface area contributed by atoms with Gasteiger partial charge in [-0.1, -0.05) is 6.07 Å². The molecule has 0 bridgehead atoms. The van der Waals surface area contributed by atoms with Crippen molar-refractivity contribution in [1.82, 2.24) is 19.7 Å². The smallest absolute Gasteiger partial charge is 0.0888 e. The van der Waals surface area contributed by atoms with Gasteiger partial charge in [0.1, 0.15) is 0 Å². The summed E-state index contributed by atoms with van der Waals surface area (Å²) < 4.78 is 13.9. The number of nitrogens with zero attached hydrogens (tertiary/aromatic N) is 4. The van der Waals surface area contributed by atoms with Crippen molar-refractivity contribution in [2.24, 2.45) is 13.0 Å². The minimum absolute atomic E-state index is 0.339. The molecule has 2 aromatic rings. The van der Waals surface area contributed by atoms with Crippen LogP contribution in [0.4, 0.5) is 0 Å². The molecular weight excluding hydrogens is 328 g/mol. The largest absolute Gasteiger partial charge is 0.375 e. The normalized spacial score (nSPS) is 26.2. The van der Waals surface area contributed by atoms with E-state index in [0.29, 0.717) is 24.7 Å². The van der Waals surface area contributed by atoms with Crippen LogP contribution >= 0.6 is 0 Å². The molecule has 3 atom stereocenters. The van der Waals surface area contributed by atoms with E-state index < -0.39 is 0 Å². The lowest BCUT2D eigenvalue weighted by atomic mass is 10.1. The van der Waals surface area contributed by atoms with Crippen LogP contribution in [0.1, 0.15) is 29.8 Å². The zero-order valence-electron chi connectivity index (χ0n) is 15.7. The molecule has 6 nitrogen and oxygen atoms in total. The number of ether oxygens (including phenoxy) is 2. The van der Waals surface area contributed by atoms with E-state index >= 15 is 0 Å². The Morgan fingerprint density at radius 1 is 1.31 bits per heavy atom. The Balaban J connectivity index is 1.29. The highest BCUT2D eigenvalue weighted by atomic mass is 16.5. The van der Waals surface area contributed by atoms with Crippen LogP contribution in [0.5, 0.6) is 0 Å². The molecule has 0 unspecified atom stereocenters. The van der Waals surface area contributed by atoms with Crippen LogP contribution in [-0.2, 0) is 29.7 Å².